The van der Waals surface area contributed by atoms with Gasteiger partial charge in [0.1, 0.15) is 0 Å². The number of halogens is 1. The summed E-state index contributed by atoms with van der Waals surface area (Å²) < 4.78 is 25.2. The van der Waals surface area contributed by atoms with Gasteiger partial charge in [-0.15, -0.1) is 0 Å². The van der Waals surface area contributed by atoms with E-state index >= 15 is 4.39 Å². The third-order valence-corrected chi connectivity index (χ3v) is 13.1. The first kappa shape index (κ1) is 29.7. The number of benzene rings is 5. The van der Waals surface area contributed by atoms with E-state index in [9.17, 15) is 5.26 Å². The monoisotopic (exact) mass is 663 g/mol. The molecule has 2 heterocycles. The van der Waals surface area contributed by atoms with E-state index in [1.807, 2.05) is 55.1 Å². The average molecular weight is 662 g/mol. The SMILES string of the molecule is Cc1ccc2c(oc3c(-c4ccc(-c5ccc(-c6ccccc6)cc5)cc4)c(C#N)ccc32)c1-c1cc(F)[c]([Ge]([CH3])([CH3])[CH3])c[n+]1C. The summed E-state index contributed by atoms with van der Waals surface area (Å²) in [4.78, 5) is 0. The van der Waals surface area contributed by atoms with Gasteiger partial charge in [0.15, 0.2) is 0 Å². The number of pyridine rings is 1. The summed E-state index contributed by atoms with van der Waals surface area (Å²) in [6.07, 6.45) is 1.96. The maximum atomic E-state index is 15.6. The molecule has 0 bridgehead atoms. The van der Waals surface area contributed by atoms with Crippen LogP contribution in [0.15, 0.2) is 120 Å². The molecule has 2 aromatic heterocycles. The molecule has 0 atom stereocenters. The Morgan fingerprint density at radius 3 is 1.76 bits per heavy atom. The second kappa shape index (κ2) is 11.4. The zero-order valence-electron chi connectivity index (χ0n) is 26.7. The van der Waals surface area contributed by atoms with Crippen LogP contribution in [0.25, 0.3) is 66.6 Å². The third-order valence-electron chi connectivity index (χ3n) is 8.93. The van der Waals surface area contributed by atoms with Gasteiger partial charge in [-0.2, -0.15) is 0 Å². The topological polar surface area (TPSA) is 40.8 Å². The molecular weight excluding hydrogens is 628 g/mol. The molecule has 0 unspecified atom stereocenters. The maximum absolute atomic E-state index is 15.6. The Bertz CT molecular complexity index is 2310. The van der Waals surface area contributed by atoms with Crippen LogP contribution in [0.3, 0.4) is 0 Å². The molecule has 0 radical (unpaired) electrons. The number of nitriles is 1. The van der Waals surface area contributed by atoms with Crippen molar-refractivity contribution in [2.24, 2.45) is 7.05 Å². The predicted octanol–water partition coefficient (Wildman–Crippen LogP) is 9.94. The molecule has 7 aromatic rings. The van der Waals surface area contributed by atoms with Crippen LogP contribution in [-0.4, -0.2) is 13.3 Å². The van der Waals surface area contributed by atoms with E-state index in [2.05, 4.69) is 96.1 Å². The molecule has 0 spiro atoms. The first-order valence-electron chi connectivity index (χ1n) is 15.5. The molecule has 0 aliphatic carbocycles. The number of aromatic nitrogens is 1. The van der Waals surface area contributed by atoms with Crippen molar-refractivity contribution in [3.8, 4) is 50.7 Å². The summed E-state index contributed by atoms with van der Waals surface area (Å²) in [6, 6.07) is 39.2. The normalized spacial score (nSPS) is 11.7. The Morgan fingerprint density at radius 2 is 1.20 bits per heavy atom. The van der Waals surface area contributed by atoms with Crippen LogP contribution in [0.5, 0.6) is 0 Å². The third kappa shape index (κ3) is 5.11. The molecule has 0 saturated carbocycles. The van der Waals surface area contributed by atoms with Crippen molar-refractivity contribution in [3.05, 3.63) is 132 Å². The van der Waals surface area contributed by atoms with E-state index in [0.717, 1.165) is 54.2 Å². The Hall–Kier alpha value is -4.99. The van der Waals surface area contributed by atoms with Gasteiger partial charge in [0.05, 0.1) is 0 Å². The number of aryl methyl sites for hydroxylation is 2. The van der Waals surface area contributed by atoms with Crippen LogP contribution in [-0.2, 0) is 7.05 Å². The fourth-order valence-corrected chi connectivity index (χ4v) is 9.31. The van der Waals surface area contributed by atoms with Crippen LogP contribution in [0, 0.1) is 24.1 Å². The van der Waals surface area contributed by atoms with Gasteiger partial charge in [-0.1, -0.05) is 54.6 Å². The van der Waals surface area contributed by atoms with Crippen molar-refractivity contribution >= 4 is 39.6 Å². The molecule has 0 fully saturated rings. The second-order valence-electron chi connectivity index (χ2n) is 13.0. The fourth-order valence-electron chi connectivity index (χ4n) is 6.44. The molecule has 0 aliphatic heterocycles. The van der Waals surface area contributed by atoms with Gasteiger partial charge in [0, 0.05) is 0 Å². The van der Waals surface area contributed by atoms with Crippen LogP contribution < -0.4 is 8.96 Å². The summed E-state index contributed by atoms with van der Waals surface area (Å²) in [6.45, 7) is 2.03. The number of fused-ring (bicyclic) bond motifs is 3. The molecule has 0 aliphatic rings. The van der Waals surface area contributed by atoms with E-state index in [1.165, 1.54) is 11.1 Å². The van der Waals surface area contributed by atoms with E-state index in [1.54, 1.807) is 6.07 Å². The molecule has 224 valence electrons. The minimum absolute atomic E-state index is 0.157. The summed E-state index contributed by atoms with van der Waals surface area (Å²) in [7, 11) is 1.98. The number of nitrogens with zero attached hydrogens (tertiary/aromatic N) is 2. The van der Waals surface area contributed by atoms with Gasteiger partial charge < -0.3 is 0 Å². The Morgan fingerprint density at radius 1 is 0.674 bits per heavy atom. The average Bonchev–Trinajstić information content (AvgIpc) is 3.44. The van der Waals surface area contributed by atoms with Crippen molar-refractivity contribution in [2.75, 3.05) is 0 Å². The quantitative estimate of drug-likeness (QED) is 0.136. The van der Waals surface area contributed by atoms with Crippen molar-refractivity contribution < 1.29 is 13.4 Å². The Kier molecular flexibility index (Phi) is 7.38. The zero-order valence-corrected chi connectivity index (χ0v) is 28.7. The predicted molar refractivity (Wildman–Crippen MR) is 189 cm³/mol. The van der Waals surface area contributed by atoms with Gasteiger partial charge in [0.25, 0.3) is 0 Å². The second-order valence-corrected chi connectivity index (χ2v) is 23.6. The number of furan rings is 1. The summed E-state index contributed by atoms with van der Waals surface area (Å²) in [5, 5.41) is 12.0. The number of hydrogen-bond donors (Lipinski definition) is 0. The summed E-state index contributed by atoms with van der Waals surface area (Å²) in [5.74, 6) is 6.44. The summed E-state index contributed by atoms with van der Waals surface area (Å²) in [5.41, 5.74) is 10.8. The van der Waals surface area contributed by atoms with Crippen molar-refractivity contribution in [1.29, 1.82) is 5.26 Å². The van der Waals surface area contributed by atoms with Crippen LogP contribution in [0.2, 0.25) is 17.3 Å². The minimum atomic E-state index is -2.42. The molecule has 3 nitrogen and oxygen atoms in total. The van der Waals surface area contributed by atoms with Crippen LogP contribution in [0.4, 0.5) is 4.39 Å². The van der Waals surface area contributed by atoms with Gasteiger partial charge in [-0.3, -0.25) is 0 Å². The first-order valence-corrected chi connectivity index (χ1v) is 22.8. The molecule has 0 saturated heterocycles. The molecule has 0 N–H and O–H groups in total. The van der Waals surface area contributed by atoms with E-state index in [4.69, 9.17) is 4.42 Å². The van der Waals surface area contributed by atoms with Crippen LogP contribution in [0.1, 0.15) is 11.1 Å². The standard InChI is InChI=1S/C41H34FGeN2O/c1-26-11-21-33-34-22-20-32(24-44)39(41(34)46-40(33)38(26)37-23-35(42)36(25-45(37)5)43(2,3)4)31-18-16-30(17-19-31)29-14-12-28(13-15-29)27-9-7-6-8-10-27/h6-23,25H,1-5H3/q+1. The van der Waals surface area contributed by atoms with Gasteiger partial charge in [-0.05, 0) is 22.3 Å². The van der Waals surface area contributed by atoms with Gasteiger partial charge in [-0.25, -0.2) is 0 Å². The molecular formula is C41H34FGeN2O+. The van der Waals surface area contributed by atoms with Crippen molar-refractivity contribution in [2.45, 2.75) is 24.2 Å². The zero-order chi connectivity index (χ0) is 32.2. The fraction of sp³-hybridized carbons (Fsp3) is 0.122. The summed E-state index contributed by atoms with van der Waals surface area (Å²) >= 11 is -2.42. The molecule has 7 rings (SSSR count). The van der Waals surface area contributed by atoms with Gasteiger partial charge >= 0.3 is 196 Å². The molecule has 5 heteroatoms. The molecule has 5 aromatic carbocycles. The number of hydrogen-bond acceptors (Lipinski definition) is 2. The molecule has 0 amide bonds. The van der Waals surface area contributed by atoms with E-state index in [-0.39, 0.29) is 5.82 Å². The first-order chi connectivity index (χ1) is 22.1. The van der Waals surface area contributed by atoms with E-state index in [0.29, 0.717) is 16.7 Å². The molecule has 46 heavy (non-hydrogen) atoms. The van der Waals surface area contributed by atoms with Crippen molar-refractivity contribution in [1.82, 2.24) is 0 Å². The van der Waals surface area contributed by atoms with E-state index < -0.39 is 13.3 Å². The van der Waals surface area contributed by atoms with Crippen molar-refractivity contribution in [3.63, 3.8) is 0 Å². The van der Waals surface area contributed by atoms with Gasteiger partial charge in [0.2, 0.25) is 0 Å². The number of rotatable bonds is 5. The van der Waals surface area contributed by atoms with Crippen LogP contribution >= 0.6 is 0 Å². The Balaban J connectivity index is 1.35. The Labute approximate surface area is 271 Å².